The van der Waals surface area contributed by atoms with E-state index in [0.717, 1.165) is 12.8 Å². The molecule has 192 valence electrons. The molecule has 1 fully saturated rings. The molecule has 0 spiro atoms. The van der Waals surface area contributed by atoms with Crippen molar-refractivity contribution >= 4 is 45.5 Å². The number of hydrogen-bond donors (Lipinski definition) is 2. The van der Waals surface area contributed by atoms with Crippen LogP contribution in [0.1, 0.15) is 69.4 Å². The van der Waals surface area contributed by atoms with Gasteiger partial charge >= 0.3 is 0 Å². The Balaban J connectivity index is 1.67. The van der Waals surface area contributed by atoms with Crippen LogP contribution in [0.25, 0.3) is 10.9 Å². The van der Waals surface area contributed by atoms with Crippen molar-refractivity contribution in [3.05, 3.63) is 75.2 Å². The largest absolute Gasteiger partial charge is 0.383 e. The van der Waals surface area contributed by atoms with Gasteiger partial charge in [-0.1, -0.05) is 61.3 Å². The molecular formula is C28H26Cl2N8. The molecule has 8 nitrogen and oxygen atoms in total. The standard InChI is InChI=1S/C28H26Cl2N8/c1-28(2,3)15-34-25-17(12-32)13-33-26-21(25)9-18(10-22(26)29)35-27(20-6-4-5-16(11-31)24(20)30)23-14-38(37-36-23)19-7-8-19/h4-6,9-10,13-14,19,27,35H,7-8,15H2,1-3H3,(H,33,34)/t27-/m0/s1/i27D. The van der Waals surface area contributed by atoms with Crippen LogP contribution in [0, 0.1) is 28.1 Å². The van der Waals surface area contributed by atoms with Crippen LogP contribution in [0.2, 0.25) is 10.0 Å². The van der Waals surface area contributed by atoms with E-state index in [1.54, 1.807) is 41.2 Å². The SMILES string of the molecule is [2H][C@@](Nc1cc(Cl)c2ncc(C#N)c(NCC(C)(C)C)c2c1)(c1cn(C2CC2)nn1)c1cccc(C#N)c1Cl. The molecule has 10 heteroatoms. The molecule has 2 heterocycles. The van der Waals surface area contributed by atoms with E-state index in [9.17, 15) is 11.9 Å². The van der Waals surface area contributed by atoms with Crippen molar-refractivity contribution in [2.24, 2.45) is 5.41 Å². The van der Waals surface area contributed by atoms with E-state index in [4.69, 9.17) is 23.2 Å². The van der Waals surface area contributed by atoms with Crippen LogP contribution in [-0.2, 0) is 0 Å². The molecule has 1 atom stereocenters. The van der Waals surface area contributed by atoms with E-state index in [-0.39, 0.29) is 22.0 Å². The molecule has 0 unspecified atom stereocenters. The molecule has 0 saturated heterocycles. The van der Waals surface area contributed by atoms with Crippen molar-refractivity contribution in [1.29, 1.82) is 10.5 Å². The third kappa shape index (κ3) is 5.24. The molecule has 2 aromatic carbocycles. The maximum Gasteiger partial charge on any atom is 0.110 e. The van der Waals surface area contributed by atoms with E-state index < -0.39 is 6.02 Å². The maximum atomic E-state index is 9.79. The lowest BCUT2D eigenvalue weighted by Crippen LogP contribution is -2.20. The van der Waals surface area contributed by atoms with Crippen molar-refractivity contribution in [3.8, 4) is 12.1 Å². The highest BCUT2D eigenvalue weighted by Gasteiger charge is 2.28. The molecule has 1 saturated carbocycles. The summed E-state index contributed by atoms with van der Waals surface area (Å²) in [4.78, 5) is 4.43. The minimum atomic E-state index is -1.71. The van der Waals surface area contributed by atoms with Gasteiger partial charge in [-0.3, -0.25) is 4.98 Å². The highest BCUT2D eigenvalue weighted by atomic mass is 35.5. The van der Waals surface area contributed by atoms with E-state index in [2.05, 4.69) is 58.8 Å². The van der Waals surface area contributed by atoms with Gasteiger partial charge in [0.2, 0.25) is 0 Å². The minimum Gasteiger partial charge on any atom is -0.383 e. The Hall–Kier alpha value is -3.85. The van der Waals surface area contributed by atoms with Crippen LogP contribution < -0.4 is 10.6 Å². The van der Waals surface area contributed by atoms with Gasteiger partial charge in [-0.15, -0.1) is 5.10 Å². The maximum absolute atomic E-state index is 9.79. The van der Waals surface area contributed by atoms with Crippen LogP contribution in [0.15, 0.2) is 42.7 Å². The second-order valence-corrected chi connectivity index (χ2v) is 11.3. The monoisotopic (exact) mass is 545 g/mol. The Morgan fingerprint density at radius 3 is 2.63 bits per heavy atom. The number of rotatable bonds is 7. The molecule has 0 bridgehead atoms. The number of anilines is 2. The zero-order valence-electron chi connectivity index (χ0n) is 22.2. The molecule has 1 aliphatic rings. The lowest BCUT2D eigenvalue weighted by molar-refractivity contribution is 0.443. The lowest BCUT2D eigenvalue weighted by Gasteiger charge is -2.23. The van der Waals surface area contributed by atoms with Crippen molar-refractivity contribution in [3.63, 3.8) is 0 Å². The van der Waals surface area contributed by atoms with Crippen LogP contribution in [0.4, 0.5) is 11.4 Å². The highest BCUT2D eigenvalue weighted by molar-refractivity contribution is 6.36. The number of nitriles is 2. The molecule has 5 rings (SSSR count). The Labute approximate surface area is 232 Å². The Kier molecular flexibility index (Phi) is 6.53. The van der Waals surface area contributed by atoms with Crippen LogP contribution in [-0.4, -0.2) is 26.5 Å². The molecule has 0 radical (unpaired) electrons. The average molecular weight is 546 g/mol. The molecule has 2 N–H and O–H groups in total. The van der Waals surface area contributed by atoms with E-state index >= 15 is 0 Å². The van der Waals surface area contributed by atoms with Crippen LogP contribution in [0.5, 0.6) is 0 Å². The molecule has 0 amide bonds. The Bertz CT molecular complexity index is 1660. The summed E-state index contributed by atoms with van der Waals surface area (Å²) in [5.74, 6) is 0. The second-order valence-electron chi connectivity index (χ2n) is 10.5. The number of aromatic nitrogens is 4. The summed E-state index contributed by atoms with van der Waals surface area (Å²) >= 11 is 13.3. The average Bonchev–Trinajstić information content (AvgIpc) is 3.62. The van der Waals surface area contributed by atoms with Gasteiger partial charge in [-0.2, -0.15) is 10.5 Å². The molecule has 1 aliphatic carbocycles. The van der Waals surface area contributed by atoms with Crippen molar-refractivity contribution in [2.45, 2.75) is 45.7 Å². The normalized spacial score (nSPS) is 15.3. The fourth-order valence-electron chi connectivity index (χ4n) is 4.09. The van der Waals surface area contributed by atoms with Crippen molar-refractivity contribution in [2.75, 3.05) is 17.2 Å². The van der Waals surface area contributed by atoms with Crippen molar-refractivity contribution < 1.29 is 1.37 Å². The summed E-state index contributed by atoms with van der Waals surface area (Å²) in [6.45, 7) is 6.90. The van der Waals surface area contributed by atoms with Gasteiger partial charge in [0, 0.05) is 29.4 Å². The molecule has 2 aromatic heterocycles. The van der Waals surface area contributed by atoms with Crippen molar-refractivity contribution in [1.82, 2.24) is 20.0 Å². The number of hydrogen-bond acceptors (Lipinski definition) is 7. The summed E-state index contributed by atoms with van der Waals surface area (Å²) < 4.78 is 11.4. The van der Waals surface area contributed by atoms with Gasteiger partial charge < -0.3 is 10.6 Å². The van der Waals surface area contributed by atoms with E-state index in [1.165, 1.54) is 6.20 Å². The summed E-state index contributed by atoms with van der Waals surface area (Å²) in [5.41, 5.74) is 2.87. The molecule has 0 aliphatic heterocycles. The Morgan fingerprint density at radius 2 is 1.95 bits per heavy atom. The fourth-order valence-corrected chi connectivity index (χ4v) is 4.63. The molecule has 38 heavy (non-hydrogen) atoms. The summed E-state index contributed by atoms with van der Waals surface area (Å²) in [7, 11) is 0. The van der Waals surface area contributed by atoms with Crippen LogP contribution in [0.3, 0.4) is 0 Å². The zero-order valence-corrected chi connectivity index (χ0v) is 22.7. The number of halogens is 2. The smallest absolute Gasteiger partial charge is 0.110 e. The first-order valence-corrected chi connectivity index (χ1v) is 13.0. The van der Waals surface area contributed by atoms with Gasteiger partial charge in [0.25, 0.3) is 0 Å². The fraction of sp³-hybridized carbons (Fsp3) is 0.321. The molecule has 4 aromatic rings. The first-order chi connectivity index (χ1) is 18.5. The third-order valence-corrected chi connectivity index (χ3v) is 6.88. The zero-order chi connectivity index (χ0) is 27.9. The first-order valence-electron chi connectivity index (χ1n) is 12.7. The van der Waals surface area contributed by atoms with Gasteiger partial charge in [0.1, 0.15) is 17.8 Å². The van der Waals surface area contributed by atoms with Gasteiger partial charge in [0.15, 0.2) is 0 Å². The Morgan fingerprint density at radius 1 is 1.18 bits per heavy atom. The predicted octanol–water partition coefficient (Wildman–Crippen LogP) is 6.87. The molecular weight excluding hydrogens is 519 g/mol. The third-order valence-electron chi connectivity index (χ3n) is 6.19. The number of fused-ring (bicyclic) bond motifs is 1. The quantitative estimate of drug-likeness (QED) is 0.260. The van der Waals surface area contributed by atoms with Gasteiger partial charge in [0.05, 0.1) is 52.0 Å². The predicted molar refractivity (Wildman–Crippen MR) is 149 cm³/mol. The van der Waals surface area contributed by atoms with Crippen LogP contribution >= 0.6 is 23.2 Å². The summed E-state index contributed by atoms with van der Waals surface area (Å²) in [5, 5.41) is 35.7. The second kappa shape index (κ2) is 10.1. The van der Waals surface area contributed by atoms with E-state index in [1.807, 2.05) is 0 Å². The first kappa shape index (κ1) is 24.5. The van der Waals surface area contributed by atoms with E-state index in [0.29, 0.717) is 50.7 Å². The summed E-state index contributed by atoms with van der Waals surface area (Å²) in [6.07, 6.45) is 5.25. The lowest BCUT2D eigenvalue weighted by atomic mass is 9.96. The minimum absolute atomic E-state index is 0.0474. The number of benzene rings is 2. The number of nitrogens with one attached hydrogen (secondary N) is 2. The summed E-state index contributed by atoms with van der Waals surface area (Å²) in [6, 6.07) is 11.3. The highest BCUT2D eigenvalue weighted by Crippen LogP contribution is 2.39. The number of pyridine rings is 1. The van der Waals surface area contributed by atoms with Gasteiger partial charge in [-0.25, -0.2) is 4.68 Å². The van der Waals surface area contributed by atoms with Gasteiger partial charge in [-0.05, 0) is 36.5 Å². The number of nitrogens with zero attached hydrogens (tertiary/aromatic N) is 6. The topological polar surface area (TPSA) is 115 Å².